The number of carboxylic acid groups (broad SMARTS) is 1. The van der Waals surface area contributed by atoms with Gasteiger partial charge in [-0.15, -0.1) is 0 Å². The summed E-state index contributed by atoms with van der Waals surface area (Å²) < 4.78 is 19.0. The van der Waals surface area contributed by atoms with E-state index in [1.165, 1.54) is 36.4 Å². The fourth-order valence-electron chi connectivity index (χ4n) is 1.54. The van der Waals surface area contributed by atoms with E-state index in [9.17, 15) is 19.3 Å². The molecule has 0 atom stereocenters. The van der Waals surface area contributed by atoms with Gasteiger partial charge in [0, 0.05) is 12.1 Å². The minimum atomic E-state index is -1.28. The summed E-state index contributed by atoms with van der Waals surface area (Å²) in [5.74, 6) is -2.15. The Morgan fingerprint density at radius 2 is 1.86 bits per heavy atom. The Hall–Kier alpha value is -2.48. The lowest BCUT2D eigenvalue weighted by atomic mass is 10.2. The van der Waals surface area contributed by atoms with Crippen molar-refractivity contribution in [1.29, 1.82) is 0 Å². The van der Waals surface area contributed by atoms with E-state index >= 15 is 0 Å². The molecule has 0 bridgehead atoms. The third-order valence-electron chi connectivity index (χ3n) is 2.55. The minimum absolute atomic E-state index is 0.120. The Labute approximate surface area is 126 Å². The SMILES string of the molecule is O=C(O)c1ccc(Oc2ccc([N+](=O)[O-])cc2)c(F)c1Br. The van der Waals surface area contributed by atoms with Crippen LogP contribution in [0.3, 0.4) is 0 Å². The fourth-order valence-corrected chi connectivity index (χ4v) is 2.04. The molecule has 6 nitrogen and oxygen atoms in total. The maximum absolute atomic E-state index is 14.0. The van der Waals surface area contributed by atoms with Crippen LogP contribution in [0.5, 0.6) is 11.5 Å². The summed E-state index contributed by atoms with van der Waals surface area (Å²) in [6, 6.07) is 7.43. The number of carbonyl (C=O) groups is 1. The molecule has 2 rings (SSSR count). The Balaban J connectivity index is 2.29. The summed E-state index contributed by atoms with van der Waals surface area (Å²) in [7, 11) is 0. The molecule has 0 unspecified atom stereocenters. The second-order valence-corrected chi connectivity index (χ2v) is 4.69. The van der Waals surface area contributed by atoms with Crippen LogP contribution >= 0.6 is 15.9 Å². The normalized spacial score (nSPS) is 10.2. The van der Waals surface area contributed by atoms with Gasteiger partial charge in [-0.2, -0.15) is 0 Å². The molecule has 21 heavy (non-hydrogen) atoms. The number of rotatable bonds is 4. The quantitative estimate of drug-likeness (QED) is 0.661. The standard InChI is InChI=1S/C13H7BrFNO5/c14-11-9(13(17)18)5-6-10(12(11)15)21-8-3-1-7(2-4-8)16(19)20/h1-6H,(H,17,18). The lowest BCUT2D eigenvalue weighted by molar-refractivity contribution is -0.384. The van der Waals surface area contributed by atoms with Crippen LogP contribution in [0.4, 0.5) is 10.1 Å². The third kappa shape index (κ3) is 3.16. The monoisotopic (exact) mass is 355 g/mol. The topological polar surface area (TPSA) is 89.7 Å². The molecule has 0 amide bonds. The van der Waals surface area contributed by atoms with Crippen LogP contribution in [0.15, 0.2) is 40.9 Å². The molecule has 0 aliphatic rings. The predicted octanol–water partition coefficient (Wildman–Crippen LogP) is 3.99. The van der Waals surface area contributed by atoms with Gasteiger partial charge in [-0.25, -0.2) is 9.18 Å². The highest BCUT2D eigenvalue weighted by Crippen LogP contribution is 2.32. The molecule has 0 saturated carbocycles. The van der Waals surface area contributed by atoms with Gasteiger partial charge in [0.2, 0.25) is 0 Å². The summed E-state index contributed by atoms with van der Waals surface area (Å²) in [6.07, 6.45) is 0. The van der Waals surface area contributed by atoms with Crippen molar-refractivity contribution < 1.29 is 24.0 Å². The lowest BCUT2D eigenvalue weighted by Crippen LogP contribution is -2.00. The molecule has 0 radical (unpaired) electrons. The van der Waals surface area contributed by atoms with Gasteiger partial charge in [0.1, 0.15) is 5.75 Å². The predicted molar refractivity (Wildman–Crippen MR) is 74.2 cm³/mol. The van der Waals surface area contributed by atoms with Crippen molar-refractivity contribution in [2.24, 2.45) is 0 Å². The van der Waals surface area contributed by atoms with Crippen LogP contribution in [0, 0.1) is 15.9 Å². The van der Waals surface area contributed by atoms with E-state index in [-0.39, 0.29) is 27.2 Å². The van der Waals surface area contributed by atoms with Crippen LogP contribution < -0.4 is 4.74 Å². The average molecular weight is 356 g/mol. The summed E-state index contributed by atoms with van der Waals surface area (Å²) in [6.45, 7) is 0. The maximum Gasteiger partial charge on any atom is 0.336 e. The van der Waals surface area contributed by atoms with Crippen molar-refractivity contribution in [3.8, 4) is 11.5 Å². The number of benzene rings is 2. The molecular weight excluding hydrogens is 349 g/mol. The zero-order valence-corrected chi connectivity index (χ0v) is 11.8. The van der Waals surface area contributed by atoms with Crippen LogP contribution in [0.2, 0.25) is 0 Å². The van der Waals surface area contributed by atoms with Crippen molar-refractivity contribution in [3.05, 3.63) is 62.4 Å². The third-order valence-corrected chi connectivity index (χ3v) is 3.33. The van der Waals surface area contributed by atoms with Crippen LogP contribution in [0.25, 0.3) is 0 Å². The highest BCUT2D eigenvalue weighted by molar-refractivity contribution is 9.10. The highest BCUT2D eigenvalue weighted by Gasteiger charge is 2.17. The number of nitro groups is 1. The fraction of sp³-hybridized carbons (Fsp3) is 0. The molecule has 0 aliphatic carbocycles. The van der Waals surface area contributed by atoms with Gasteiger partial charge in [0.15, 0.2) is 11.6 Å². The molecule has 8 heteroatoms. The molecule has 0 aromatic heterocycles. The van der Waals surface area contributed by atoms with Crippen LogP contribution in [-0.2, 0) is 0 Å². The molecule has 108 valence electrons. The largest absolute Gasteiger partial charge is 0.478 e. The Bertz CT molecular complexity index is 717. The molecule has 0 fully saturated rings. The van der Waals surface area contributed by atoms with Gasteiger partial charge in [-0.1, -0.05) is 0 Å². The van der Waals surface area contributed by atoms with Gasteiger partial charge >= 0.3 is 5.97 Å². The van der Waals surface area contributed by atoms with Crippen LogP contribution in [-0.4, -0.2) is 16.0 Å². The van der Waals surface area contributed by atoms with Crippen molar-refractivity contribution >= 4 is 27.6 Å². The molecule has 2 aromatic carbocycles. The second-order valence-electron chi connectivity index (χ2n) is 3.90. The van der Waals surface area contributed by atoms with E-state index in [0.717, 1.165) is 0 Å². The molecular formula is C13H7BrFNO5. The number of hydrogen-bond acceptors (Lipinski definition) is 4. The van der Waals surface area contributed by atoms with Crippen molar-refractivity contribution in [1.82, 2.24) is 0 Å². The number of nitrogens with zero attached hydrogens (tertiary/aromatic N) is 1. The first-order valence-corrected chi connectivity index (χ1v) is 6.33. The molecule has 0 heterocycles. The highest BCUT2D eigenvalue weighted by atomic mass is 79.9. The Morgan fingerprint density at radius 3 is 2.38 bits per heavy atom. The van der Waals surface area contributed by atoms with E-state index in [2.05, 4.69) is 15.9 Å². The van der Waals surface area contributed by atoms with E-state index in [0.29, 0.717) is 0 Å². The Kier molecular flexibility index (Phi) is 4.18. The first-order chi connectivity index (χ1) is 9.90. The molecule has 0 aliphatic heterocycles. The zero-order valence-electron chi connectivity index (χ0n) is 10.2. The van der Waals surface area contributed by atoms with Gasteiger partial charge < -0.3 is 9.84 Å². The van der Waals surface area contributed by atoms with Gasteiger partial charge in [0.05, 0.1) is 15.0 Å². The average Bonchev–Trinajstić information content (AvgIpc) is 2.44. The molecule has 0 saturated heterocycles. The van der Waals surface area contributed by atoms with E-state index in [1.807, 2.05) is 0 Å². The van der Waals surface area contributed by atoms with Gasteiger partial charge in [-0.3, -0.25) is 10.1 Å². The molecule has 1 N–H and O–H groups in total. The number of non-ortho nitro benzene ring substituents is 1. The van der Waals surface area contributed by atoms with E-state index in [4.69, 9.17) is 9.84 Å². The molecule has 0 spiro atoms. The first-order valence-electron chi connectivity index (χ1n) is 5.53. The smallest absolute Gasteiger partial charge is 0.336 e. The number of hydrogen-bond donors (Lipinski definition) is 1. The number of nitro benzene ring substituents is 1. The minimum Gasteiger partial charge on any atom is -0.478 e. The van der Waals surface area contributed by atoms with Crippen LogP contribution in [0.1, 0.15) is 10.4 Å². The summed E-state index contributed by atoms with van der Waals surface area (Å²) in [4.78, 5) is 20.8. The van der Waals surface area contributed by atoms with Crippen molar-refractivity contribution in [2.75, 3.05) is 0 Å². The van der Waals surface area contributed by atoms with E-state index < -0.39 is 16.7 Å². The van der Waals surface area contributed by atoms with Gasteiger partial charge in [0.25, 0.3) is 5.69 Å². The second kappa shape index (κ2) is 5.88. The first kappa shape index (κ1) is 14.9. The van der Waals surface area contributed by atoms with Crippen molar-refractivity contribution in [2.45, 2.75) is 0 Å². The zero-order chi connectivity index (χ0) is 15.6. The number of carboxylic acids is 1. The van der Waals surface area contributed by atoms with E-state index in [1.54, 1.807) is 0 Å². The Morgan fingerprint density at radius 1 is 1.24 bits per heavy atom. The van der Waals surface area contributed by atoms with Gasteiger partial charge in [-0.05, 0) is 40.2 Å². The summed E-state index contributed by atoms with van der Waals surface area (Å²) in [5.41, 5.74) is -0.353. The number of halogens is 2. The number of aromatic carboxylic acids is 1. The maximum atomic E-state index is 14.0. The summed E-state index contributed by atoms with van der Waals surface area (Å²) in [5, 5.41) is 19.4. The molecule has 2 aromatic rings. The number of ether oxygens (including phenoxy) is 1. The summed E-state index contributed by atoms with van der Waals surface area (Å²) >= 11 is 2.85. The van der Waals surface area contributed by atoms with Crippen molar-refractivity contribution in [3.63, 3.8) is 0 Å². The lowest BCUT2D eigenvalue weighted by Gasteiger charge is -2.09.